The van der Waals surface area contributed by atoms with E-state index in [1.54, 1.807) is 0 Å². The van der Waals surface area contributed by atoms with Crippen LogP contribution in [0.1, 0.15) is 357 Å². The molecule has 0 aliphatic carbocycles. The maximum Gasteiger partial charge on any atom is 0.472 e. The predicted molar refractivity (Wildman–Crippen MR) is 367 cm³/mol. The van der Waals surface area contributed by atoms with Crippen LogP contribution < -0.4 is 0 Å². The Bertz CT molecular complexity index is 1800. The highest BCUT2D eigenvalue weighted by atomic mass is 31.2. The molecule has 0 aliphatic heterocycles. The van der Waals surface area contributed by atoms with Crippen LogP contribution >= 0.6 is 15.6 Å². The van der Waals surface area contributed by atoms with Crippen LogP contribution in [-0.2, 0) is 65.4 Å². The van der Waals surface area contributed by atoms with E-state index >= 15 is 0 Å². The van der Waals surface area contributed by atoms with Crippen molar-refractivity contribution in [2.45, 2.75) is 375 Å². The van der Waals surface area contributed by atoms with Crippen LogP contribution in [0.25, 0.3) is 0 Å². The van der Waals surface area contributed by atoms with Gasteiger partial charge in [-0.2, -0.15) is 0 Å². The molecule has 540 valence electrons. The lowest BCUT2D eigenvalue weighted by Gasteiger charge is -2.21. The number of phosphoric ester groups is 2. The van der Waals surface area contributed by atoms with E-state index < -0.39 is 97.5 Å². The zero-order chi connectivity index (χ0) is 67.5. The molecule has 19 heteroatoms. The summed E-state index contributed by atoms with van der Waals surface area (Å²) < 4.78 is 68.4. The van der Waals surface area contributed by atoms with Gasteiger partial charge in [-0.1, -0.05) is 306 Å². The summed E-state index contributed by atoms with van der Waals surface area (Å²) in [6.45, 7) is 14.2. The van der Waals surface area contributed by atoms with Gasteiger partial charge in [0.2, 0.25) is 0 Å². The van der Waals surface area contributed by atoms with Crippen molar-refractivity contribution in [2.75, 3.05) is 39.6 Å². The molecule has 0 spiro atoms. The molecule has 0 aliphatic rings. The summed E-state index contributed by atoms with van der Waals surface area (Å²) in [6.07, 6.45) is 44.3. The number of ether oxygens (including phenoxy) is 4. The van der Waals surface area contributed by atoms with Crippen molar-refractivity contribution in [1.82, 2.24) is 0 Å². The van der Waals surface area contributed by atoms with E-state index in [1.165, 1.54) is 154 Å². The summed E-state index contributed by atoms with van der Waals surface area (Å²) in [5, 5.41) is 10.6. The molecule has 0 bridgehead atoms. The molecule has 0 amide bonds. The van der Waals surface area contributed by atoms with Gasteiger partial charge in [-0.15, -0.1) is 0 Å². The van der Waals surface area contributed by atoms with Gasteiger partial charge in [-0.25, -0.2) is 9.13 Å². The summed E-state index contributed by atoms with van der Waals surface area (Å²) in [5.41, 5.74) is 0. The average Bonchev–Trinajstić information content (AvgIpc) is 2.52. The fourth-order valence-electron chi connectivity index (χ4n) is 10.7. The molecule has 0 heterocycles. The molecule has 0 rings (SSSR count). The molecule has 8 atom stereocenters. The third-order valence-corrected chi connectivity index (χ3v) is 19.6. The lowest BCUT2D eigenvalue weighted by molar-refractivity contribution is -0.161. The van der Waals surface area contributed by atoms with E-state index in [4.69, 9.17) is 37.0 Å². The van der Waals surface area contributed by atoms with E-state index in [0.29, 0.717) is 31.6 Å². The normalized spacial score (nSPS) is 15.1. The average molecular weight is 1340 g/mol. The number of phosphoric acid groups is 2. The number of hydrogen-bond donors (Lipinski definition) is 3. The van der Waals surface area contributed by atoms with E-state index in [-0.39, 0.29) is 25.7 Å². The molecular formula is C72H140O17P2. The van der Waals surface area contributed by atoms with E-state index in [0.717, 1.165) is 114 Å². The summed E-state index contributed by atoms with van der Waals surface area (Å²) in [6, 6.07) is 0. The Kier molecular flexibility index (Phi) is 60.3. The highest BCUT2D eigenvalue weighted by molar-refractivity contribution is 7.47. The third-order valence-electron chi connectivity index (χ3n) is 17.7. The zero-order valence-corrected chi connectivity index (χ0v) is 61.3. The first-order valence-corrected chi connectivity index (χ1v) is 40.3. The van der Waals surface area contributed by atoms with Gasteiger partial charge in [-0.3, -0.25) is 37.3 Å². The van der Waals surface area contributed by atoms with Gasteiger partial charge < -0.3 is 33.8 Å². The number of rotatable bonds is 69. The molecule has 0 fully saturated rings. The monoisotopic (exact) mass is 1340 g/mol. The minimum absolute atomic E-state index is 0.105. The molecule has 0 radical (unpaired) electrons. The topological polar surface area (TPSA) is 237 Å². The minimum atomic E-state index is -4.95. The first-order chi connectivity index (χ1) is 43.7. The first-order valence-electron chi connectivity index (χ1n) is 37.3. The van der Waals surface area contributed by atoms with Gasteiger partial charge in [0.15, 0.2) is 12.2 Å². The number of carbonyl (C=O) groups excluding carboxylic acids is 4. The van der Waals surface area contributed by atoms with Crippen molar-refractivity contribution < 1.29 is 80.2 Å². The van der Waals surface area contributed by atoms with Crippen molar-refractivity contribution in [2.24, 2.45) is 23.7 Å². The Morgan fingerprint density at radius 2 is 0.527 bits per heavy atom. The molecule has 91 heavy (non-hydrogen) atoms. The second-order valence-electron chi connectivity index (χ2n) is 27.2. The number of esters is 4. The maximum atomic E-state index is 13.0. The van der Waals surface area contributed by atoms with Crippen LogP contribution in [0.15, 0.2) is 0 Å². The fraction of sp³-hybridized carbons (Fsp3) is 0.944. The number of unbranched alkanes of at least 4 members (excludes halogenated alkanes) is 32. The fourth-order valence-corrected chi connectivity index (χ4v) is 12.3. The van der Waals surface area contributed by atoms with Gasteiger partial charge in [0, 0.05) is 25.7 Å². The van der Waals surface area contributed by atoms with Crippen molar-refractivity contribution in [3.05, 3.63) is 0 Å². The van der Waals surface area contributed by atoms with Crippen LogP contribution in [0.3, 0.4) is 0 Å². The maximum absolute atomic E-state index is 13.0. The van der Waals surface area contributed by atoms with Crippen LogP contribution in [-0.4, -0.2) is 96.7 Å². The Morgan fingerprint density at radius 3 is 0.780 bits per heavy atom. The number of carbonyl (C=O) groups is 4. The van der Waals surface area contributed by atoms with E-state index in [9.17, 15) is 43.2 Å². The molecule has 0 aromatic carbocycles. The molecule has 17 nitrogen and oxygen atoms in total. The third kappa shape index (κ3) is 62.6. The molecule has 3 N–H and O–H groups in total. The second kappa shape index (κ2) is 61.6. The summed E-state index contributed by atoms with van der Waals surface area (Å²) in [7, 11) is -9.91. The van der Waals surface area contributed by atoms with Crippen LogP contribution in [0.2, 0.25) is 0 Å². The molecule has 0 saturated carbocycles. The van der Waals surface area contributed by atoms with Gasteiger partial charge in [-0.05, 0) is 49.4 Å². The Morgan fingerprint density at radius 1 is 0.308 bits per heavy atom. The van der Waals surface area contributed by atoms with Crippen LogP contribution in [0.4, 0.5) is 0 Å². The first kappa shape index (κ1) is 89.1. The number of aliphatic hydroxyl groups is 1. The number of aliphatic hydroxyl groups excluding tert-OH is 1. The molecule has 5 unspecified atom stereocenters. The zero-order valence-electron chi connectivity index (χ0n) is 59.5. The second-order valence-corrected chi connectivity index (χ2v) is 30.1. The van der Waals surface area contributed by atoms with Crippen molar-refractivity contribution >= 4 is 39.5 Å². The molecule has 0 aromatic heterocycles. The van der Waals surface area contributed by atoms with Crippen LogP contribution in [0.5, 0.6) is 0 Å². The highest BCUT2D eigenvalue weighted by Crippen LogP contribution is 2.45. The van der Waals surface area contributed by atoms with Crippen molar-refractivity contribution in [1.29, 1.82) is 0 Å². The largest absolute Gasteiger partial charge is 0.472 e. The summed E-state index contributed by atoms with van der Waals surface area (Å²) in [4.78, 5) is 72.6. The Labute approximate surface area is 556 Å². The molecule has 0 saturated heterocycles. The quantitative estimate of drug-likeness (QED) is 0.0222. The van der Waals surface area contributed by atoms with Crippen molar-refractivity contribution in [3.63, 3.8) is 0 Å². The van der Waals surface area contributed by atoms with Crippen molar-refractivity contribution in [3.8, 4) is 0 Å². The minimum Gasteiger partial charge on any atom is -0.462 e. The van der Waals surface area contributed by atoms with E-state index in [2.05, 4.69) is 55.4 Å². The van der Waals surface area contributed by atoms with Gasteiger partial charge in [0.25, 0.3) is 0 Å². The van der Waals surface area contributed by atoms with Gasteiger partial charge in [0.1, 0.15) is 19.3 Å². The summed E-state index contributed by atoms with van der Waals surface area (Å²) in [5.74, 6) is 0.967. The Hall–Kier alpha value is -1.94. The van der Waals surface area contributed by atoms with E-state index in [1.807, 2.05) is 0 Å². The van der Waals surface area contributed by atoms with Crippen LogP contribution in [0, 0.1) is 23.7 Å². The molecular weight excluding hydrogens is 1200 g/mol. The predicted octanol–water partition coefficient (Wildman–Crippen LogP) is 20.5. The summed E-state index contributed by atoms with van der Waals surface area (Å²) >= 11 is 0. The molecule has 0 aromatic rings. The Balaban J connectivity index is 5.27. The highest BCUT2D eigenvalue weighted by Gasteiger charge is 2.30. The number of hydrogen-bond acceptors (Lipinski definition) is 15. The lowest BCUT2D eigenvalue weighted by Crippen LogP contribution is -2.30. The smallest absolute Gasteiger partial charge is 0.462 e. The van der Waals surface area contributed by atoms with Gasteiger partial charge >= 0.3 is 39.5 Å². The standard InChI is InChI=1S/C72H140O17P2/c1-9-63(6)49-41-33-24-18-12-15-21-27-36-44-52-69(74)82-58-67(88-71(76)54-46-38-28-22-16-13-19-25-34-42-50-64(7)10-2)60-86-90(78,79)84-56-66(73)57-85-91(80,81)87-61-68(59-83-70(75)53-45-37-31-30-32-40-48-62(4)5)89-72(77)55-47-39-29-23-17-14-20-26-35-43-51-65(8)11-3/h62-68,73H,9-61H2,1-8H3,(H,78,79)(H,80,81)/t63?,64?,65?,66-,67-,68-/m1/s1. The SMILES string of the molecule is CCC(C)CCCCCCCCCCCCC(=O)OC[C@H](COP(=O)(O)OC[C@@H](O)COP(=O)(O)OC[C@@H](COC(=O)CCCCCCCCC(C)C)OC(=O)CCCCCCCCCCCCC(C)CC)OC(=O)CCCCCCCCCCCCC(C)CC. The van der Waals surface area contributed by atoms with Gasteiger partial charge in [0.05, 0.1) is 26.4 Å². The lowest BCUT2D eigenvalue weighted by atomic mass is 9.99.